The van der Waals surface area contributed by atoms with E-state index in [0.717, 1.165) is 25.7 Å². The van der Waals surface area contributed by atoms with Gasteiger partial charge >= 0.3 is 5.69 Å². The Morgan fingerprint density at radius 2 is 1.81 bits per heavy atom. The molecule has 3 unspecified atom stereocenters. The molecule has 8 heteroatoms. The first kappa shape index (κ1) is 20.3. The van der Waals surface area contributed by atoms with Crippen molar-refractivity contribution in [2.75, 3.05) is 6.54 Å². The van der Waals surface area contributed by atoms with E-state index in [4.69, 9.17) is 4.74 Å². The van der Waals surface area contributed by atoms with Crippen molar-refractivity contribution in [3.63, 3.8) is 0 Å². The predicted octanol–water partition coefficient (Wildman–Crippen LogP) is 3.19. The fourth-order valence-corrected chi connectivity index (χ4v) is 5.04. The summed E-state index contributed by atoms with van der Waals surface area (Å²) in [7, 11) is 0. The van der Waals surface area contributed by atoms with Crippen molar-refractivity contribution in [1.29, 1.82) is 0 Å². The summed E-state index contributed by atoms with van der Waals surface area (Å²) in [6.07, 6.45) is 4.21. The minimum atomic E-state index is -1.18. The lowest BCUT2D eigenvalue weighted by Crippen LogP contribution is -2.48. The summed E-state index contributed by atoms with van der Waals surface area (Å²) in [5.41, 5.74) is 0.771. The molecule has 5 rings (SSSR count). The molecule has 4 heterocycles. The van der Waals surface area contributed by atoms with Gasteiger partial charge in [0.1, 0.15) is 12.0 Å². The van der Waals surface area contributed by atoms with Crippen LogP contribution in [-0.2, 0) is 17.9 Å². The number of hydrogen-bond donors (Lipinski definition) is 0. The summed E-state index contributed by atoms with van der Waals surface area (Å²) >= 11 is 0. The normalized spacial score (nSPS) is 24.6. The third-order valence-corrected chi connectivity index (χ3v) is 6.54. The minimum Gasteiger partial charge on any atom is -0.373 e. The van der Waals surface area contributed by atoms with Gasteiger partial charge in [0.05, 0.1) is 19.3 Å². The molecule has 0 amide bonds. The van der Waals surface area contributed by atoms with E-state index < -0.39 is 6.17 Å². The van der Waals surface area contributed by atoms with E-state index in [1.165, 1.54) is 15.1 Å². The average Bonchev–Trinajstić information content (AvgIpc) is 3.19. The molecule has 3 aromatic rings. The molecule has 0 radical (unpaired) electrons. The molecule has 6 nitrogen and oxygen atoms in total. The van der Waals surface area contributed by atoms with Gasteiger partial charge in [-0.2, -0.15) is 0 Å². The number of pyridine rings is 1. The molecule has 0 N–H and O–H groups in total. The van der Waals surface area contributed by atoms with Crippen LogP contribution in [0.4, 0.5) is 8.78 Å². The second kappa shape index (κ2) is 8.51. The highest BCUT2D eigenvalue weighted by atomic mass is 19.1. The van der Waals surface area contributed by atoms with Crippen LogP contribution in [0.2, 0.25) is 0 Å². The second-order valence-electron chi connectivity index (χ2n) is 8.57. The maximum absolute atomic E-state index is 14.9. The van der Waals surface area contributed by atoms with Gasteiger partial charge in [-0.05, 0) is 43.9 Å². The monoisotopic (exact) mass is 428 g/mol. The number of nitrogens with zero attached hydrogens (tertiary/aromatic N) is 4. The van der Waals surface area contributed by atoms with Gasteiger partial charge in [0.25, 0.3) is 0 Å². The molecule has 0 saturated carbocycles. The maximum atomic E-state index is 14.9. The number of piperidine rings is 1. The third kappa shape index (κ3) is 4.14. The molecule has 0 aliphatic carbocycles. The first-order chi connectivity index (χ1) is 15.1. The molecular formula is C23H26F2N4O2. The van der Waals surface area contributed by atoms with Crippen molar-refractivity contribution >= 4 is 5.65 Å². The SMILES string of the molecule is O=c1n(CC(F)CN2C3CCC2CC(OCc2ccccc2F)C3)nc2ccccn12. The van der Waals surface area contributed by atoms with Crippen LogP contribution in [0, 0.1) is 5.82 Å². The van der Waals surface area contributed by atoms with E-state index in [1.807, 2.05) is 6.07 Å². The number of benzene rings is 1. The van der Waals surface area contributed by atoms with Crippen LogP contribution in [0.3, 0.4) is 0 Å². The van der Waals surface area contributed by atoms with Crippen LogP contribution in [0.15, 0.2) is 53.5 Å². The largest absolute Gasteiger partial charge is 0.373 e. The van der Waals surface area contributed by atoms with E-state index in [1.54, 1.807) is 36.5 Å². The van der Waals surface area contributed by atoms with Crippen LogP contribution >= 0.6 is 0 Å². The van der Waals surface area contributed by atoms with Crippen molar-refractivity contribution < 1.29 is 13.5 Å². The summed E-state index contributed by atoms with van der Waals surface area (Å²) < 4.78 is 37.4. The minimum absolute atomic E-state index is 0.0519. The van der Waals surface area contributed by atoms with E-state index in [-0.39, 0.29) is 49.4 Å². The van der Waals surface area contributed by atoms with Crippen molar-refractivity contribution in [2.24, 2.45) is 0 Å². The average molecular weight is 428 g/mol. The zero-order chi connectivity index (χ0) is 21.4. The van der Waals surface area contributed by atoms with Crippen molar-refractivity contribution in [3.8, 4) is 0 Å². The van der Waals surface area contributed by atoms with Crippen LogP contribution in [0.1, 0.15) is 31.2 Å². The highest BCUT2D eigenvalue weighted by Gasteiger charge is 2.42. The standard InChI is InChI=1S/C23H26F2N4O2/c24-17(14-29-23(30)27-10-4-3-7-22(27)26-29)13-28-18-8-9-19(28)12-20(11-18)31-15-16-5-1-2-6-21(16)25/h1-7,10,17-20H,8-9,11-15H2. The Balaban J connectivity index is 1.18. The van der Waals surface area contributed by atoms with Crippen LogP contribution < -0.4 is 5.69 Å². The number of hydrogen-bond acceptors (Lipinski definition) is 4. The predicted molar refractivity (Wildman–Crippen MR) is 112 cm³/mol. The first-order valence-electron chi connectivity index (χ1n) is 10.9. The highest BCUT2D eigenvalue weighted by molar-refractivity contribution is 5.35. The van der Waals surface area contributed by atoms with Gasteiger partial charge in [0, 0.05) is 30.4 Å². The summed E-state index contributed by atoms with van der Waals surface area (Å²) in [5, 5.41) is 4.23. The smallest absolute Gasteiger partial charge is 0.350 e. The molecule has 0 spiro atoms. The zero-order valence-corrected chi connectivity index (χ0v) is 17.2. The second-order valence-corrected chi connectivity index (χ2v) is 8.57. The molecule has 2 aromatic heterocycles. The number of halogens is 2. The molecule has 2 bridgehead atoms. The van der Waals surface area contributed by atoms with E-state index in [2.05, 4.69) is 10.00 Å². The molecule has 2 aliphatic heterocycles. The van der Waals surface area contributed by atoms with Crippen molar-refractivity contribution in [3.05, 3.63) is 70.5 Å². The van der Waals surface area contributed by atoms with Gasteiger partial charge in [-0.1, -0.05) is 24.3 Å². The molecule has 3 atom stereocenters. The molecule has 164 valence electrons. The van der Waals surface area contributed by atoms with Gasteiger partial charge in [-0.3, -0.25) is 9.30 Å². The van der Waals surface area contributed by atoms with Gasteiger partial charge < -0.3 is 4.74 Å². The van der Waals surface area contributed by atoms with E-state index in [0.29, 0.717) is 11.2 Å². The lowest BCUT2D eigenvalue weighted by Gasteiger charge is -2.39. The zero-order valence-electron chi connectivity index (χ0n) is 17.2. The van der Waals surface area contributed by atoms with E-state index >= 15 is 0 Å². The quantitative estimate of drug-likeness (QED) is 0.580. The van der Waals surface area contributed by atoms with Crippen LogP contribution in [-0.4, -0.2) is 50.0 Å². The van der Waals surface area contributed by atoms with Gasteiger partial charge in [0.2, 0.25) is 0 Å². The Bertz CT molecular complexity index is 1100. The van der Waals surface area contributed by atoms with Gasteiger partial charge in [-0.25, -0.2) is 18.3 Å². The topological polar surface area (TPSA) is 51.8 Å². The number of fused-ring (bicyclic) bond motifs is 3. The Hall–Kier alpha value is -2.58. The maximum Gasteiger partial charge on any atom is 0.350 e. The summed E-state index contributed by atoms with van der Waals surface area (Å²) in [6, 6.07) is 12.5. The molecule has 2 saturated heterocycles. The van der Waals surface area contributed by atoms with E-state index in [9.17, 15) is 13.6 Å². The fourth-order valence-electron chi connectivity index (χ4n) is 5.04. The Morgan fingerprint density at radius 1 is 1.06 bits per heavy atom. The summed E-state index contributed by atoms with van der Waals surface area (Å²) in [4.78, 5) is 14.6. The van der Waals surface area contributed by atoms with Gasteiger partial charge in [0.15, 0.2) is 5.65 Å². The molecule has 2 fully saturated rings. The Labute approximate surface area is 179 Å². The number of aromatic nitrogens is 3. The number of ether oxygens (including phenoxy) is 1. The molecule has 1 aromatic carbocycles. The Morgan fingerprint density at radius 3 is 2.55 bits per heavy atom. The first-order valence-corrected chi connectivity index (χ1v) is 10.9. The lowest BCUT2D eigenvalue weighted by atomic mass is 9.99. The van der Waals surface area contributed by atoms with Gasteiger partial charge in [-0.15, -0.1) is 5.10 Å². The van der Waals surface area contributed by atoms with Crippen LogP contribution in [0.25, 0.3) is 5.65 Å². The Kier molecular flexibility index (Phi) is 5.58. The summed E-state index contributed by atoms with van der Waals surface area (Å²) in [5.74, 6) is -0.245. The molecule has 31 heavy (non-hydrogen) atoms. The molecular weight excluding hydrogens is 402 g/mol. The van der Waals surface area contributed by atoms with Crippen molar-refractivity contribution in [1.82, 2.24) is 19.1 Å². The lowest BCUT2D eigenvalue weighted by molar-refractivity contribution is -0.0349. The van der Waals surface area contributed by atoms with Crippen molar-refractivity contribution in [2.45, 2.75) is 63.2 Å². The third-order valence-electron chi connectivity index (χ3n) is 6.54. The van der Waals surface area contributed by atoms with Crippen LogP contribution in [0.5, 0.6) is 0 Å². The summed E-state index contributed by atoms with van der Waals surface area (Å²) in [6.45, 7) is 0.499. The fraction of sp³-hybridized carbons (Fsp3) is 0.478. The number of rotatable bonds is 7. The molecule has 2 aliphatic rings. The highest BCUT2D eigenvalue weighted by Crippen LogP contribution is 2.37. The number of alkyl halides is 1.